The first-order chi connectivity index (χ1) is 20.4. The molecule has 8 nitrogen and oxygen atoms in total. The van der Waals surface area contributed by atoms with Gasteiger partial charge in [0.15, 0.2) is 5.82 Å². The van der Waals surface area contributed by atoms with Crippen LogP contribution in [0.3, 0.4) is 0 Å². The van der Waals surface area contributed by atoms with Gasteiger partial charge < -0.3 is 4.90 Å². The van der Waals surface area contributed by atoms with E-state index in [0.717, 1.165) is 76.5 Å². The molecular weight excluding hydrogens is 546 g/mol. The number of hydrogen-bond acceptors (Lipinski definition) is 6. The number of aryl methyl sites for hydroxylation is 2. The van der Waals surface area contributed by atoms with Gasteiger partial charge in [-0.05, 0) is 54.7 Å². The average molecular weight is 584 g/mol. The topological polar surface area (TPSA) is 97.0 Å². The van der Waals surface area contributed by atoms with E-state index in [2.05, 4.69) is 22.0 Å². The van der Waals surface area contributed by atoms with Crippen LogP contribution in [0.5, 0.6) is 0 Å². The molecule has 0 bridgehead atoms. The number of aromatic nitrogens is 4. The Bertz CT molecular complexity index is 1690. The minimum Gasteiger partial charge on any atom is -0.365 e. The first-order valence-corrected chi connectivity index (χ1v) is 15.4. The van der Waals surface area contributed by atoms with E-state index in [1.165, 1.54) is 25.7 Å². The zero-order chi connectivity index (χ0) is 29.2. The molecule has 1 saturated carbocycles. The van der Waals surface area contributed by atoms with Crippen LogP contribution in [0.4, 0.5) is 0 Å². The summed E-state index contributed by atoms with van der Waals surface area (Å²) in [6.07, 6.45) is 7.35. The maximum Gasteiger partial charge on any atom is 0.439 e. The van der Waals surface area contributed by atoms with Crippen LogP contribution in [-0.2, 0) is 19.4 Å². The molecule has 3 heterocycles. The summed E-state index contributed by atoms with van der Waals surface area (Å²) < 4.78 is 6.55. The molecule has 2 atom stereocenters. The zero-order valence-corrected chi connectivity index (χ0v) is 25.1. The Kier molecular flexibility index (Phi) is 8.20. The fourth-order valence-electron chi connectivity index (χ4n) is 6.67. The highest BCUT2D eigenvalue weighted by Gasteiger charge is 2.35. The molecule has 1 N–H and O–H groups in total. The Morgan fingerprint density at radius 3 is 2.36 bits per heavy atom. The van der Waals surface area contributed by atoms with Gasteiger partial charge in [0.1, 0.15) is 5.82 Å². The molecule has 2 aromatic heterocycles. The Morgan fingerprint density at radius 1 is 1.02 bits per heavy atom. The smallest absolute Gasteiger partial charge is 0.365 e. The van der Waals surface area contributed by atoms with Crippen molar-refractivity contribution in [3.8, 4) is 22.5 Å². The van der Waals surface area contributed by atoms with Crippen molar-refractivity contribution in [2.24, 2.45) is 11.8 Å². The third kappa shape index (κ3) is 5.75. The minimum absolute atomic E-state index is 0.00863. The van der Waals surface area contributed by atoms with Gasteiger partial charge in [0.25, 0.3) is 5.56 Å². The first-order valence-electron chi connectivity index (χ1n) is 15.0. The van der Waals surface area contributed by atoms with Gasteiger partial charge >= 0.3 is 5.76 Å². The van der Waals surface area contributed by atoms with Gasteiger partial charge in [0.2, 0.25) is 0 Å². The molecule has 6 rings (SSSR count). The van der Waals surface area contributed by atoms with Crippen molar-refractivity contribution < 1.29 is 4.52 Å². The number of rotatable bonds is 8. The molecule has 2 aromatic carbocycles. The summed E-state index contributed by atoms with van der Waals surface area (Å²) in [6.45, 7) is 6.55. The summed E-state index contributed by atoms with van der Waals surface area (Å²) >= 11 is 5.92. The molecule has 1 aliphatic heterocycles. The number of nitrogens with one attached hydrogen (secondary N) is 1. The molecule has 42 heavy (non-hydrogen) atoms. The predicted octanol–water partition coefficient (Wildman–Crippen LogP) is 5.55. The van der Waals surface area contributed by atoms with Crippen LogP contribution < -0.4 is 11.3 Å². The van der Waals surface area contributed by atoms with Gasteiger partial charge in [-0.2, -0.15) is 0 Å². The van der Waals surface area contributed by atoms with Crippen LogP contribution in [0.1, 0.15) is 61.7 Å². The van der Waals surface area contributed by atoms with Gasteiger partial charge in [-0.1, -0.05) is 85.7 Å². The van der Waals surface area contributed by atoms with Gasteiger partial charge in [0, 0.05) is 42.8 Å². The number of hydrogen-bond donors (Lipinski definition) is 1. The molecule has 0 spiro atoms. The molecule has 2 unspecified atom stereocenters. The van der Waals surface area contributed by atoms with Crippen molar-refractivity contribution in [1.82, 2.24) is 24.6 Å². The quantitative estimate of drug-likeness (QED) is 0.272. The van der Waals surface area contributed by atoms with Gasteiger partial charge in [0.05, 0.1) is 11.5 Å². The standard InChI is InChI=1S/C33H37N5O3S/c1-3-8-29-34-21(2)28(17-30(42)37-19-24-9-4-5-10-25(24)20-37)32(39)38(29)18-22-13-15-23(16-14-22)26-11-6-7-12-27(26)31-35-33(40)41-36-31/h6-7,11-16,24-25H,3-5,8-10,17-20H2,1-2H3,(H,35,36,40). The fraction of sp³-hybridized carbons (Fsp3) is 0.424. The van der Waals surface area contributed by atoms with E-state index in [0.29, 0.717) is 24.4 Å². The molecular formula is C33H37N5O3S. The van der Waals surface area contributed by atoms with Crippen molar-refractivity contribution >= 4 is 17.2 Å². The Morgan fingerprint density at radius 2 is 1.71 bits per heavy atom. The number of benzene rings is 2. The monoisotopic (exact) mass is 583 g/mol. The van der Waals surface area contributed by atoms with Crippen molar-refractivity contribution in [3.05, 3.63) is 92.1 Å². The fourth-order valence-corrected chi connectivity index (χ4v) is 6.96. The number of thiocarbonyl (C=S) groups is 1. The Balaban J connectivity index is 1.25. The third-order valence-electron chi connectivity index (χ3n) is 8.91. The van der Waals surface area contributed by atoms with E-state index in [9.17, 15) is 9.59 Å². The lowest BCUT2D eigenvalue weighted by atomic mass is 9.82. The summed E-state index contributed by atoms with van der Waals surface area (Å²) in [6, 6.07) is 15.9. The lowest BCUT2D eigenvalue weighted by Crippen LogP contribution is -2.35. The van der Waals surface area contributed by atoms with Crippen molar-refractivity contribution in [3.63, 3.8) is 0 Å². The summed E-state index contributed by atoms with van der Waals surface area (Å²) in [7, 11) is 0. The largest absolute Gasteiger partial charge is 0.439 e. The lowest BCUT2D eigenvalue weighted by molar-refractivity contribution is 0.299. The summed E-state index contributed by atoms with van der Waals surface area (Å²) in [5, 5.41) is 3.86. The molecule has 2 aliphatic rings. The molecule has 4 aromatic rings. The normalized spacial score (nSPS) is 18.3. The Labute approximate surface area is 250 Å². The molecule has 0 radical (unpaired) electrons. The molecule has 9 heteroatoms. The highest BCUT2D eigenvalue weighted by molar-refractivity contribution is 7.80. The van der Waals surface area contributed by atoms with E-state index in [1.54, 1.807) is 0 Å². The van der Waals surface area contributed by atoms with E-state index >= 15 is 0 Å². The number of fused-ring (bicyclic) bond motifs is 1. The van der Waals surface area contributed by atoms with Crippen LogP contribution in [0, 0.1) is 18.8 Å². The first kappa shape index (κ1) is 28.3. The highest BCUT2D eigenvalue weighted by atomic mass is 32.1. The number of likely N-dealkylation sites (tertiary alicyclic amines) is 1. The molecule has 0 amide bonds. The SMILES string of the molecule is CCCc1nc(C)c(CC(=S)N2CC3CCCCC3C2)c(=O)n1Cc1ccc(-c2ccccc2-c2noc(=O)[nH]2)cc1. The molecule has 1 saturated heterocycles. The molecule has 2 fully saturated rings. The lowest BCUT2D eigenvalue weighted by Gasteiger charge is -2.22. The van der Waals surface area contributed by atoms with Gasteiger partial charge in [-0.25, -0.2) is 9.78 Å². The van der Waals surface area contributed by atoms with Crippen LogP contribution in [0.2, 0.25) is 0 Å². The molecule has 1 aliphatic carbocycles. The van der Waals surface area contributed by atoms with Gasteiger partial charge in [-0.15, -0.1) is 0 Å². The maximum atomic E-state index is 14.0. The average Bonchev–Trinajstić information content (AvgIpc) is 3.64. The minimum atomic E-state index is -0.589. The van der Waals surface area contributed by atoms with Gasteiger partial charge in [-0.3, -0.25) is 18.9 Å². The van der Waals surface area contributed by atoms with E-state index < -0.39 is 5.76 Å². The highest BCUT2D eigenvalue weighted by Crippen LogP contribution is 2.36. The predicted molar refractivity (Wildman–Crippen MR) is 168 cm³/mol. The second kappa shape index (κ2) is 12.2. The zero-order valence-electron chi connectivity index (χ0n) is 24.3. The molecule has 218 valence electrons. The van der Waals surface area contributed by atoms with Crippen molar-refractivity contribution in [2.75, 3.05) is 13.1 Å². The summed E-state index contributed by atoms with van der Waals surface area (Å²) in [5.41, 5.74) is 5.18. The Hall–Kier alpha value is -3.85. The van der Waals surface area contributed by atoms with Crippen LogP contribution in [0.15, 0.2) is 62.6 Å². The second-order valence-electron chi connectivity index (χ2n) is 11.7. The second-order valence-corrected chi connectivity index (χ2v) is 12.2. The van der Waals surface area contributed by atoms with Crippen LogP contribution in [0.25, 0.3) is 22.5 Å². The van der Waals surface area contributed by atoms with Crippen LogP contribution in [-0.4, -0.2) is 42.7 Å². The van der Waals surface area contributed by atoms with E-state index in [-0.39, 0.29) is 5.56 Å². The van der Waals surface area contributed by atoms with Crippen molar-refractivity contribution in [1.29, 1.82) is 0 Å². The number of aromatic amines is 1. The van der Waals surface area contributed by atoms with E-state index in [4.69, 9.17) is 21.7 Å². The maximum absolute atomic E-state index is 14.0. The number of H-pyrrole nitrogens is 1. The summed E-state index contributed by atoms with van der Waals surface area (Å²) in [5.74, 6) is 2.10. The summed E-state index contributed by atoms with van der Waals surface area (Å²) in [4.78, 5) is 36.3. The van der Waals surface area contributed by atoms with Crippen molar-refractivity contribution in [2.45, 2.75) is 65.3 Å². The number of nitrogens with zero attached hydrogens (tertiary/aromatic N) is 4. The third-order valence-corrected chi connectivity index (χ3v) is 9.31. The van der Waals surface area contributed by atoms with Crippen LogP contribution >= 0.6 is 12.2 Å². The van der Waals surface area contributed by atoms with E-state index in [1.807, 2.05) is 60.0 Å².